The molecule has 1 aliphatic heterocycles. The SMILES string of the molecule is Cc1cccc2c1NCCC2C(=O)n1nc(N)c2c1CC(O)CC2. The average Bonchev–Trinajstić information content (AvgIpc) is 2.90. The second kappa shape index (κ2) is 5.63. The number of nitrogens with one attached hydrogen (secondary N) is 1. The molecule has 0 saturated carbocycles. The van der Waals surface area contributed by atoms with Crippen LogP contribution in [0, 0.1) is 6.92 Å². The molecule has 126 valence electrons. The minimum atomic E-state index is -0.428. The first kappa shape index (κ1) is 15.2. The summed E-state index contributed by atoms with van der Waals surface area (Å²) in [7, 11) is 0. The van der Waals surface area contributed by atoms with E-state index in [2.05, 4.69) is 10.4 Å². The van der Waals surface area contributed by atoms with Gasteiger partial charge in [0.15, 0.2) is 0 Å². The molecule has 2 atom stereocenters. The third-order valence-corrected chi connectivity index (χ3v) is 5.20. The Labute approximate surface area is 140 Å². The third-order valence-electron chi connectivity index (χ3n) is 5.20. The Morgan fingerprint density at radius 3 is 3.08 bits per heavy atom. The first-order valence-corrected chi connectivity index (χ1v) is 8.48. The molecule has 24 heavy (non-hydrogen) atoms. The summed E-state index contributed by atoms with van der Waals surface area (Å²) in [4.78, 5) is 13.2. The lowest BCUT2D eigenvalue weighted by Crippen LogP contribution is -2.30. The minimum absolute atomic E-state index is 0.0506. The highest BCUT2D eigenvalue weighted by Crippen LogP contribution is 2.36. The summed E-state index contributed by atoms with van der Waals surface area (Å²) in [6.45, 7) is 2.80. The Bertz CT molecular complexity index is 812. The number of fused-ring (bicyclic) bond motifs is 2. The fourth-order valence-corrected chi connectivity index (χ4v) is 3.93. The third kappa shape index (κ3) is 2.29. The summed E-state index contributed by atoms with van der Waals surface area (Å²) < 4.78 is 1.45. The molecule has 6 nitrogen and oxygen atoms in total. The summed E-state index contributed by atoms with van der Waals surface area (Å²) in [6.07, 6.45) is 2.09. The van der Waals surface area contributed by atoms with Crippen molar-refractivity contribution in [2.45, 2.75) is 44.6 Å². The van der Waals surface area contributed by atoms with Crippen molar-refractivity contribution < 1.29 is 9.90 Å². The molecule has 6 heteroatoms. The van der Waals surface area contributed by atoms with Gasteiger partial charge in [0, 0.05) is 24.2 Å². The lowest BCUT2D eigenvalue weighted by atomic mass is 9.88. The zero-order valence-corrected chi connectivity index (χ0v) is 13.7. The van der Waals surface area contributed by atoms with E-state index in [9.17, 15) is 9.90 Å². The fourth-order valence-electron chi connectivity index (χ4n) is 3.93. The number of aryl methyl sites for hydroxylation is 1. The van der Waals surface area contributed by atoms with Crippen LogP contribution in [0.4, 0.5) is 11.5 Å². The van der Waals surface area contributed by atoms with Crippen molar-refractivity contribution >= 4 is 17.4 Å². The van der Waals surface area contributed by atoms with Crippen LogP contribution in [0.25, 0.3) is 0 Å². The fraction of sp³-hybridized carbons (Fsp3) is 0.444. The van der Waals surface area contributed by atoms with Crippen LogP contribution in [0.1, 0.15) is 45.9 Å². The predicted molar refractivity (Wildman–Crippen MR) is 92.3 cm³/mol. The van der Waals surface area contributed by atoms with Crippen molar-refractivity contribution in [3.8, 4) is 0 Å². The van der Waals surface area contributed by atoms with Crippen LogP contribution in [-0.4, -0.2) is 33.4 Å². The van der Waals surface area contributed by atoms with Crippen molar-refractivity contribution in [2.24, 2.45) is 0 Å². The normalized spacial score (nSPS) is 22.4. The van der Waals surface area contributed by atoms with E-state index in [0.29, 0.717) is 25.1 Å². The first-order valence-electron chi connectivity index (χ1n) is 8.48. The lowest BCUT2D eigenvalue weighted by Gasteiger charge is -2.27. The van der Waals surface area contributed by atoms with Gasteiger partial charge in [0.2, 0.25) is 0 Å². The molecule has 0 radical (unpaired) electrons. The predicted octanol–water partition coefficient (Wildman–Crippen LogP) is 1.86. The maximum Gasteiger partial charge on any atom is 0.254 e. The van der Waals surface area contributed by atoms with Gasteiger partial charge in [-0.3, -0.25) is 4.79 Å². The first-order chi connectivity index (χ1) is 11.6. The maximum absolute atomic E-state index is 13.2. The smallest absolute Gasteiger partial charge is 0.254 e. The molecular weight excluding hydrogens is 304 g/mol. The number of hydrogen-bond donors (Lipinski definition) is 3. The topological polar surface area (TPSA) is 93.2 Å². The number of para-hydroxylation sites is 1. The molecule has 1 aromatic heterocycles. The molecule has 0 fully saturated rings. The van der Waals surface area contributed by atoms with Gasteiger partial charge in [-0.2, -0.15) is 0 Å². The van der Waals surface area contributed by atoms with Crippen LogP contribution in [-0.2, 0) is 12.8 Å². The number of nitrogens with zero attached hydrogens (tertiary/aromatic N) is 2. The highest BCUT2D eigenvalue weighted by Gasteiger charge is 2.33. The minimum Gasteiger partial charge on any atom is -0.393 e. The van der Waals surface area contributed by atoms with Crippen molar-refractivity contribution in [3.63, 3.8) is 0 Å². The monoisotopic (exact) mass is 326 g/mol. The maximum atomic E-state index is 13.2. The van der Waals surface area contributed by atoms with E-state index >= 15 is 0 Å². The van der Waals surface area contributed by atoms with E-state index in [-0.39, 0.29) is 11.8 Å². The van der Waals surface area contributed by atoms with Crippen LogP contribution in [0.15, 0.2) is 18.2 Å². The highest BCUT2D eigenvalue weighted by molar-refractivity contribution is 5.89. The number of nitrogens with two attached hydrogens (primary N) is 1. The number of aliphatic hydroxyl groups excluding tert-OH is 1. The molecule has 0 amide bonds. The molecule has 0 spiro atoms. The average molecular weight is 326 g/mol. The molecule has 0 saturated heterocycles. The van der Waals surface area contributed by atoms with Crippen molar-refractivity contribution in [3.05, 3.63) is 40.6 Å². The van der Waals surface area contributed by atoms with Gasteiger partial charge in [0.25, 0.3) is 5.91 Å². The van der Waals surface area contributed by atoms with Crippen molar-refractivity contribution in [2.75, 3.05) is 17.6 Å². The number of carbonyl (C=O) groups excluding carboxylic acids is 1. The van der Waals surface area contributed by atoms with E-state index in [1.165, 1.54) is 4.68 Å². The van der Waals surface area contributed by atoms with Gasteiger partial charge in [0.1, 0.15) is 5.82 Å². The van der Waals surface area contributed by atoms with Crippen LogP contribution in [0.2, 0.25) is 0 Å². The van der Waals surface area contributed by atoms with Gasteiger partial charge in [-0.1, -0.05) is 18.2 Å². The molecule has 2 unspecified atom stereocenters. The van der Waals surface area contributed by atoms with Gasteiger partial charge in [0.05, 0.1) is 17.7 Å². The number of benzene rings is 1. The Hall–Kier alpha value is -2.34. The largest absolute Gasteiger partial charge is 0.393 e. The number of aliphatic hydroxyl groups is 1. The molecule has 4 rings (SSSR count). The second-order valence-corrected chi connectivity index (χ2v) is 6.76. The van der Waals surface area contributed by atoms with Gasteiger partial charge >= 0.3 is 0 Å². The molecule has 2 aromatic rings. The van der Waals surface area contributed by atoms with E-state index in [1.807, 2.05) is 25.1 Å². The molecule has 2 aliphatic rings. The van der Waals surface area contributed by atoms with E-state index in [1.54, 1.807) is 0 Å². The van der Waals surface area contributed by atoms with Crippen LogP contribution in [0.5, 0.6) is 0 Å². The molecule has 1 aromatic carbocycles. The van der Waals surface area contributed by atoms with Gasteiger partial charge in [-0.25, -0.2) is 4.68 Å². The molecular formula is C18H22N4O2. The standard InChI is InChI=1S/C18H22N4O2/c1-10-3-2-4-12-13(7-8-20-16(10)12)18(24)22-15-9-11(23)5-6-14(15)17(19)21-22/h2-4,11,13,20,23H,5-9H2,1H3,(H2,19,21). The zero-order valence-electron chi connectivity index (χ0n) is 13.7. The number of anilines is 2. The summed E-state index contributed by atoms with van der Waals surface area (Å²) in [5.74, 6) is 0.137. The number of hydrogen-bond acceptors (Lipinski definition) is 5. The quantitative estimate of drug-likeness (QED) is 0.744. The van der Waals surface area contributed by atoms with Crippen LogP contribution in [0.3, 0.4) is 0 Å². The van der Waals surface area contributed by atoms with Crippen LogP contribution >= 0.6 is 0 Å². The molecule has 2 heterocycles. The molecule has 1 aliphatic carbocycles. The van der Waals surface area contributed by atoms with Crippen molar-refractivity contribution in [1.82, 2.24) is 9.78 Å². The summed E-state index contributed by atoms with van der Waals surface area (Å²) >= 11 is 0. The van der Waals surface area contributed by atoms with E-state index < -0.39 is 6.10 Å². The van der Waals surface area contributed by atoms with E-state index in [4.69, 9.17) is 5.73 Å². The number of aromatic nitrogens is 2. The Kier molecular flexibility index (Phi) is 3.57. The summed E-state index contributed by atoms with van der Waals surface area (Å²) in [5.41, 5.74) is 10.9. The van der Waals surface area contributed by atoms with Gasteiger partial charge in [-0.05, 0) is 37.3 Å². The summed E-state index contributed by atoms with van der Waals surface area (Å²) in [6, 6.07) is 6.03. The summed E-state index contributed by atoms with van der Waals surface area (Å²) in [5, 5.41) is 17.7. The van der Waals surface area contributed by atoms with Gasteiger partial charge < -0.3 is 16.2 Å². The number of nitrogen functional groups attached to an aromatic ring is 1. The number of carbonyl (C=O) groups is 1. The Balaban J connectivity index is 1.75. The second-order valence-electron chi connectivity index (χ2n) is 6.76. The molecule has 0 bridgehead atoms. The number of rotatable bonds is 1. The van der Waals surface area contributed by atoms with Crippen molar-refractivity contribution in [1.29, 1.82) is 0 Å². The van der Waals surface area contributed by atoms with Crippen LogP contribution < -0.4 is 11.1 Å². The lowest BCUT2D eigenvalue weighted by molar-refractivity contribution is 0.0846. The van der Waals surface area contributed by atoms with Gasteiger partial charge in [-0.15, -0.1) is 5.10 Å². The Morgan fingerprint density at radius 1 is 1.42 bits per heavy atom. The Morgan fingerprint density at radius 2 is 2.25 bits per heavy atom. The highest BCUT2D eigenvalue weighted by atomic mass is 16.3. The van der Waals surface area contributed by atoms with E-state index in [0.717, 1.165) is 41.0 Å². The molecule has 4 N–H and O–H groups in total. The zero-order chi connectivity index (χ0) is 16.8.